The highest BCUT2D eigenvalue weighted by Crippen LogP contribution is 2.18. The summed E-state index contributed by atoms with van der Waals surface area (Å²) in [6.07, 6.45) is 0.308. The highest BCUT2D eigenvalue weighted by Gasteiger charge is 2.12. The van der Waals surface area contributed by atoms with Crippen LogP contribution in [0.3, 0.4) is 0 Å². The number of thiazole rings is 1. The van der Waals surface area contributed by atoms with Crippen LogP contribution in [0.5, 0.6) is 0 Å². The lowest BCUT2D eigenvalue weighted by atomic mass is 10.1. The summed E-state index contributed by atoms with van der Waals surface area (Å²) in [5.74, 6) is -0.0220. The van der Waals surface area contributed by atoms with E-state index in [-0.39, 0.29) is 5.91 Å². The van der Waals surface area contributed by atoms with E-state index in [2.05, 4.69) is 51.8 Å². The summed E-state index contributed by atoms with van der Waals surface area (Å²) in [7, 11) is 0. The van der Waals surface area contributed by atoms with Gasteiger partial charge in [0.25, 0.3) is 0 Å². The zero-order chi connectivity index (χ0) is 19.9. The molecule has 0 saturated carbocycles. The van der Waals surface area contributed by atoms with Gasteiger partial charge in [-0.15, -0.1) is 11.3 Å². The van der Waals surface area contributed by atoms with Crippen molar-refractivity contribution in [2.45, 2.75) is 40.3 Å². The Hall–Kier alpha value is -2.50. The Morgan fingerprint density at radius 1 is 1.11 bits per heavy atom. The van der Waals surface area contributed by atoms with E-state index in [4.69, 9.17) is 0 Å². The van der Waals surface area contributed by atoms with E-state index in [0.717, 1.165) is 47.2 Å². The van der Waals surface area contributed by atoms with Gasteiger partial charge in [0.2, 0.25) is 5.91 Å². The first-order valence-electron chi connectivity index (χ1n) is 9.60. The third-order valence-corrected chi connectivity index (χ3v) is 5.56. The van der Waals surface area contributed by atoms with Crippen LogP contribution in [0.1, 0.15) is 34.3 Å². The number of anilines is 1. The quantitative estimate of drug-likeness (QED) is 0.588. The lowest BCUT2D eigenvalue weighted by molar-refractivity contribution is -0.115. The summed E-state index contributed by atoms with van der Waals surface area (Å²) in [6.45, 7) is 8.83. The number of nitrogens with zero attached hydrogens (tertiary/aromatic N) is 2. The Balaban J connectivity index is 1.57. The Morgan fingerprint density at radius 3 is 2.64 bits per heavy atom. The van der Waals surface area contributed by atoms with Crippen molar-refractivity contribution in [3.05, 3.63) is 81.3 Å². The first-order chi connectivity index (χ1) is 13.5. The number of aromatic nitrogens is 1. The number of nitrogens with one attached hydrogen (secondary N) is 1. The van der Waals surface area contributed by atoms with Crippen LogP contribution in [-0.4, -0.2) is 22.3 Å². The molecule has 2 aromatic carbocycles. The molecule has 0 bridgehead atoms. The number of hydrogen-bond donors (Lipinski definition) is 1. The van der Waals surface area contributed by atoms with E-state index in [1.165, 1.54) is 5.56 Å². The minimum absolute atomic E-state index is 0.0220. The molecule has 1 heterocycles. The van der Waals surface area contributed by atoms with Crippen LogP contribution in [0.25, 0.3) is 0 Å². The second kappa shape index (κ2) is 9.62. The molecule has 1 aromatic heterocycles. The molecule has 3 aromatic rings. The molecule has 0 aliphatic rings. The van der Waals surface area contributed by atoms with Gasteiger partial charge in [-0.05, 0) is 43.1 Å². The van der Waals surface area contributed by atoms with E-state index in [1.807, 2.05) is 38.1 Å². The molecule has 0 radical (unpaired) electrons. The monoisotopic (exact) mass is 393 g/mol. The molecule has 0 aliphatic heterocycles. The van der Waals surface area contributed by atoms with Crippen molar-refractivity contribution in [2.24, 2.45) is 0 Å². The third kappa shape index (κ3) is 5.75. The maximum atomic E-state index is 12.4. The molecule has 1 N–H and O–H groups in total. The second-order valence-corrected chi connectivity index (χ2v) is 8.01. The third-order valence-electron chi connectivity index (χ3n) is 4.66. The van der Waals surface area contributed by atoms with Crippen molar-refractivity contribution >= 4 is 22.9 Å². The first kappa shape index (κ1) is 20.2. The minimum Gasteiger partial charge on any atom is -0.325 e. The normalized spacial score (nSPS) is 11.0. The predicted octanol–water partition coefficient (Wildman–Crippen LogP) is 4.96. The molecule has 4 nitrogen and oxygen atoms in total. The molecule has 5 heteroatoms. The number of aryl methyl sites for hydroxylation is 2. The molecule has 0 aliphatic carbocycles. The summed E-state index contributed by atoms with van der Waals surface area (Å²) < 4.78 is 0. The lowest BCUT2D eigenvalue weighted by Gasteiger charge is -2.19. The Labute approximate surface area is 171 Å². The molecule has 1 amide bonds. The van der Waals surface area contributed by atoms with E-state index in [1.54, 1.807) is 11.3 Å². The average Bonchev–Trinajstić information content (AvgIpc) is 3.11. The smallest absolute Gasteiger partial charge is 0.231 e. The molecular weight excluding hydrogens is 366 g/mol. The maximum absolute atomic E-state index is 12.4. The minimum atomic E-state index is -0.0220. The fraction of sp³-hybridized carbons (Fsp3) is 0.304. The molecule has 0 spiro atoms. The maximum Gasteiger partial charge on any atom is 0.231 e. The van der Waals surface area contributed by atoms with Gasteiger partial charge in [-0.3, -0.25) is 9.69 Å². The van der Waals surface area contributed by atoms with Crippen molar-refractivity contribution < 1.29 is 4.79 Å². The number of amides is 1. The molecular formula is C23H27N3OS. The average molecular weight is 394 g/mol. The van der Waals surface area contributed by atoms with Gasteiger partial charge >= 0.3 is 0 Å². The van der Waals surface area contributed by atoms with E-state index >= 15 is 0 Å². The van der Waals surface area contributed by atoms with Crippen LogP contribution < -0.4 is 5.32 Å². The van der Waals surface area contributed by atoms with Crippen molar-refractivity contribution in [1.29, 1.82) is 0 Å². The fourth-order valence-corrected chi connectivity index (χ4v) is 3.84. The van der Waals surface area contributed by atoms with Crippen LogP contribution in [-0.2, 0) is 24.3 Å². The van der Waals surface area contributed by atoms with Crippen molar-refractivity contribution in [1.82, 2.24) is 9.88 Å². The number of carbonyl (C=O) groups excluding carboxylic acids is 1. The van der Waals surface area contributed by atoms with Gasteiger partial charge in [-0.2, -0.15) is 0 Å². The van der Waals surface area contributed by atoms with Crippen LogP contribution in [0.15, 0.2) is 53.9 Å². The Bertz CT molecular complexity index is 921. The predicted molar refractivity (Wildman–Crippen MR) is 117 cm³/mol. The molecule has 0 saturated heterocycles. The first-order valence-corrected chi connectivity index (χ1v) is 10.5. The zero-order valence-corrected chi connectivity index (χ0v) is 17.6. The van der Waals surface area contributed by atoms with E-state index < -0.39 is 0 Å². The van der Waals surface area contributed by atoms with Crippen molar-refractivity contribution in [2.75, 3.05) is 11.9 Å². The molecule has 0 unspecified atom stereocenters. The molecule has 0 fully saturated rings. The second-order valence-electron chi connectivity index (χ2n) is 7.06. The summed E-state index contributed by atoms with van der Waals surface area (Å²) in [5.41, 5.74) is 5.40. The summed E-state index contributed by atoms with van der Waals surface area (Å²) in [4.78, 5) is 19.4. The highest BCUT2D eigenvalue weighted by atomic mass is 32.1. The van der Waals surface area contributed by atoms with Crippen LogP contribution in [0.4, 0.5) is 5.69 Å². The number of benzene rings is 2. The van der Waals surface area contributed by atoms with Gasteiger partial charge in [0.15, 0.2) is 0 Å². The van der Waals surface area contributed by atoms with Gasteiger partial charge in [0.05, 0.1) is 12.1 Å². The van der Waals surface area contributed by atoms with Gasteiger partial charge in [0.1, 0.15) is 5.01 Å². The van der Waals surface area contributed by atoms with Gasteiger partial charge < -0.3 is 5.32 Å². The van der Waals surface area contributed by atoms with Crippen LogP contribution in [0, 0.1) is 13.8 Å². The number of carbonyl (C=O) groups is 1. The van der Waals surface area contributed by atoms with E-state index in [0.29, 0.717) is 6.42 Å². The Morgan fingerprint density at radius 2 is 1.89 bits per heavy atom. The van der Waals surface area contributed by atoms with Crippen LogP contribution in [0.2, 0.25) is 0 Å². The van der Waals surface area contributed by atoms with Crippen LogP contribution >= 0.6 is 11.3 Å². The standard InChI is InChI=1S/C23H27N3OS/c1-4-26(14-19-8-6-5-7-9-19)15-20-16-28-23(24-20)13-22(27)25-21-12-17(2)10-11-18(21)3/h5-12,16H,4,13-15H2,1-3H3,(H,25,27). The van der Waals surface area contributed by atoms with Gasteiger partial charge in [0, 0.05) is 24.2 Å². The van der Waals surface area contributed by atoms with E-state index in [9.17, 15) is 4.79 Å². The summed E-state index contributed by atoms with van der Waals surface area (Å²) >= 11 is 1.56. The van der Waals surface area contributed by atoms with Crippen molar-refractivity contribution in [3.63, 3.8) is 0 Å². The number of hydrogen-bond acceptors (Lipinski definition) is 4. The number of rotatable bonds is 8. The summed E-state index contributed by atoms with van der Waals surface area (Å²) in [5, 5.41) is 5.93. The topological polar surface area (TPSA) is 45.2 Å². The molecule has 146 valence electrons. The van der Waals surface area contributed by atoms with Gasteiger partial charge in [-0.1, -0.05) is 49.4 Å². The zero-order valence-electron chi connectivity index (χ0n) is 16.7. The molecule has 3 rings (SSSR count). The molecule has 28 heavy (non-hydrogen) atoms. The Kier molecular flexibility index (Phi) is 6.95. The van der Waals surface area contributed by atoms with Crippen molar-refractivity contribution in [3.8, 4) is 0 Å². The largest absolute Gasteiger partial charge is 0.325 e. The fourth-order valence-electron chi connectivity index (χ4n) is 3.06. The van der Waals surface area contributed by atoms with Gasteiger partial charge in [-0.25, -0.2) is 4.98 Å². The highest BCUT2D eigenvalue weighted by molar-refractivity contribution is 7.09. The molecule has 0 atom stereocenters. The summed E-state index contributed by atoms with van der Waals surface area (Å²) in [6, 6.07) is 16.5. The lowest BCUT2D eigenvalue weighted by Crippen LogP contribution is -2.22. The SMILES string of the molecule is CCN(Cc1ccccc1)Cc1csc(CC(=O)Nc2cc(C)ccc2C)n1.